The molecule has 2 heterocycles. The van der Waals surface area contributed by atoms with Gasteiger partial charge in [-0.1, -0.05) is 30.0 Å². The van der Waals surface area contributed by atoms with E-state index in [0.29, 0.717) is 18.0 Å². The molecular formula is C24H23N3O2S. The summed E-state index contributed by atoms with van der Waals surface area (Å²) in [6.07, 6.45) is 3.07. The predicted octanol–water partition coefficient (Wildman–Crippen LogP) is 4.78. The van der Waals surface area contributed by atoms with E-state index in [1.807, 2.05) is 49.4 Å². The van der Waals surface area contributed by atoms with Crippen molar-refractivity contribution < 1.29 is 9.59 Å². The molecular weight excluding hydrogens is 394 g/mol. The maximum Gasteiger partial charge on any atom is 0.223 e. The summed E-state index contributed by atoms with van der Waals surface area (Å²) in [4.78, 5) is 36.3. The van der Waals surface area contributed by atoms with Crippen LogP contribution in [-0.4, -0.2) is 33.5 Å². The molecule has 5 nitrogen and oxygen atoms in total. The van der Waals surface area contributed by atoms with Gasteiger partial charge < -0.3 is 4.90 Å². The third-order valence-electron chi connectivity index (χ3n) is 5.83. The Morgan fingerprint density at radius 3 is 2.70 bits per heavy atom. The van der Waals surface area contributed by atoms with E-state index in [0.717, 1.165) is 52.3 Å². The van der Waals surface area contributed by atoms with E-state index in [-0.39, 0.29) is 16.9 Å². The number of hydrogen-bond acceptors (Lipinski definition) is 5. The fraction of sp³-hybridized carbons (Fsp3) is 0.333. The fourth-order valence-corrected chi connectivity index (χ4v) is 5.04. The van der Waals surface area contributed by atoms with Gasteiger partial charge in [0.25, 0.3) is 0 Å². The lowest BCUT2D eigenvalue weighted by molar-refractivity contribution is -0.116. The van der Waals surface area contributed by atoms with E-state index in [4.69, 9.17) is 9.97 Å². The number of aromatic nitrogens is 2. The van der Waals surface area contributed by atoms with Gasteiger partial charge in [0, 0.05) is 36.0 Å². The number of benzene rings is 2. The number of hydrogen-bond donors (Lipinski definition) is 0. The molecule has 1 aliphatic carbocycles. The molecule has 1 saturated carbocycles. The Bertz CT molecular complexity index is 1170. The Labute approximate surface area is 179 Å². The molecule has 0 unspecified atom stereocenters. The van der Waals surface area contributed by atoms with E-state index >= 15 is 0 Å². The van der Waals surface area contributed by atoms with E-state index < -0.39 is 0 Å². The van der Waals surface area contributed by atoms with Crippen LogP contribution >= 0.6 is 11.8 Å². The van der Waals surface area contributed by atoms with Gasteiger partial charge in [0.1, 0.15) is 10.9 Å². The third kappa shape index (κ3) is 3.49. The molecule has 0 bridgehead atoms. The summed E-state index contributed by atoms with van der Waals surface area (Å²) in [6, 6.07) is 13.7. The second-order valence-electron chi connectivity index (χ2n) is 8.07. The topological polar surface area (TPSA) is 63.2 Å². The molecule has 1 aromatic heterocycles. The van der Waals surface area contributed by atoms with E-state index in [1.165, 1.54) is 11.8 Å². The normalized spacial score (nSPS) is 16.5. The lowest BCUT2D eigenvalue weighted by atomic mass is 10.0. The van der Waals surface area contributed by atoms with Gasteiger partial charge in [-0.05, 0) is 56.0 Å². The number of nitrogens with zero attached hydrogens (tertiary/aromatic N) is 3. The van der Waals surface area contributed by atoms with Crippen molar-refractivity contribution in [1.82, 2.24) is 9.97 Å². The highest BCUT2D eigenvalue weighted by atomic mass is 32.2. The van der Waals surface area contributed by atoms with Gasteiger partial charge in [0.05, 0.1) is 10.8 Å². The first-order chi connectivity index (χ1) is 14.5. The number of rotatable bonds is 5. The summed E-state index contributed by atoms with van der Waals surface area (Å²) >= 11 is 1.51. The number of fused-ring (bicyclic) bond motifs is 2. The van der Waals surface area contributed by atoms with Crippen molar-refractivity contribution in [3.63, 3.8) is 0 Å². The smallest absolute Gasteiger partial charge is 0.223 e. The van der Waals surface area contributed by atoms with Crippen LogP contribution in [-0.2, 0) is 11.2 Å². The van der Waals surface area contributed by atoms with Gasteiger partial charge in [-0.15, -0.1) is 0 Å². The number of thioether (sulfide) groups is 1. The number of Topliss-reactive ketones (excluding diaryl/α,β-unsaturated/α-hetero) is 1. The van der Waals surface area contributed by atoms with Crippen LogP contribution < -0.4 is 4.90 Å². The lowest BCUT2D eigenvalue weighted by Gasteiger charge is -2.16. The van der Waals surface area contributed by atoms with Crippen molar-refractivity contribution in [2.45, 2.75) is 49.3 Å². The first-order valence-corrected chi connectivity index (χ1v) is 11.3. The maximum atomic E-state index is 13.2. The Balaban J connectivity index is 1.41. The number of para-hydroxylation sites is 1. The third-order valence-corrected chi connectivity index (χ3v) is 6.93. The van der Waals surface area contributed by atoms with Crippen molar-refractivity contribution in [2.24, 2.45) is 0 Å². The summed E-state index contributed by atoms with van der Waals surface area (Å²) in [5, 5.41) is 1.61. The van der Waals surface area contributed by atoms with Crippen molar-refractivity contribution in [3.8, 4) is 0 Å². The zero-order chi connectivity index (χ0) is 20.8. The van der Waals surface area contributed by atoms with Crippen LogP contribution in [0.3, 0.4) is 0 Å². The summed E-state index contributed by atoms with van der Waals surface area (Å²) in [5.74, 6) is 1.48. The summed E-state index contributed by atoms with van der Waals surface area (Å²) in [7, 11) is 0. The van der Waals surface area contributed by atoms with Crippen molar-refractivity contribution >= 4 is 40.0 Å². The van der Waals surface area contributed by atoms with Gasteiger partial charge in [0.15, 0.2) is 5.78 Å². The van der Waals surface area contributed by atoms with E-state index in [2.05, 4.69) is 0 Å². The minimum atomic E-state index is -0.265. The van der Waals surface area contributed by atoms with Crippen LogP contribution in [0.15, 0.2) is 47.5 Å². The molecule has 0 saturated heterocycles. The summed E-state index contributed by atoms with van der Waals surface area (Å²) in [5.41, 5.74) is 3.63. The zero-order valence-corrected chi connectivity index (χ0v) is 17.9. The zero-order valence-electron chi connectivity index (χ0n) is 17.1. The monoisotopic (exact) mass is 417 g/mol. The molecule has 152 valence electrons. The molecule has 0 spiro atoms. The van der Waals surface area contributed by atoms with Crippen LogP contribution in [0.5, 0.6) is 0 Å². The standard InChI is InChI=1S/C24H23N3O2S/c1-14(22(29)18-9-10-21-17(13-18)11-12-27(21)15(2)28)30-24-19-5-3-4-6-20(19)25-23(26-24)16-7-8-16/h3-6,9-10,13-14,16H,7-8,11-12H2,1-2H3/t14-/m0/s1. The SMILES string of the molecule is CC(=O)N1CCc2cc(C(=O)[C@H](C)Sc3nc(C4CC4)nc4ccccc34)ccc21. The number of amides is 1. The number of ketones is 1. The molecule has 1 aliphatic heterocycles. The Kier molecular flexibility index (Phi) is 4.82. The molecule has 2 aliphatic rings. The Morgan fingerprint density at radius 1 is 1.13 bits per heavy atom. The van der Waals surface area contributed by atoms with Crippen molar-refractivity contribution in [3.05, 3.63) is 59.4 Å². The quantitative estimate of drug-likeness (QED) is 0.340. The Hall–Kier alpha value is -2.73. The lowest BCUT2D eigenvalue weighted by Crippen LogP contribution is -2.25. The van der Waals surface area contributed by atoms with Crippen LogP contribution in [0.25, 0.3) is 10.9 Å². The minimum absolute atomic E-state index is 0.0406. The maximum absolute atomic E-state index is 13.2. The van der Waals surface area contributed by atoms with Gasteiger partial charge in [0.2, 0.25) is 5.91 Å². The van der Waals surface area contributed by atoms with E-state index in [1.54, 1.807) is 11.8 Å². The van der Waals surface area contributed by atoms with Gasteiger partial charge in [-0.3, -0.25) is 9.59 Å². The molecule has 0 N–H and O–H groups in total. The summed E-state index contributed by atoms with van der Waals surface area (Å²) in [6.45, 7) is 4.20. The molecule has 5 rings (SSSR count). The van der Waals surface area contributed by atoms with Gasteiger partial charge in [-0.25, -0.2) is 9.97 Å². The van der Waals surface area contributed by atoms with Crippen LogP contribution in [0.1, 0.15) is 54.4 Å². The van der Waals surface area contributed by atoms with Crippen molar-refractivity contribution in [1.29, 1.82) is 0 Å². The fourth-order valence-electron chi connectivity index (χ4n) is 4.02. The highest BCUT2D eigenvalue weighted by Gasteiger charge is 2.29. The van der Waals surface area contributed by atoms with E-state index in [9.17, 15) is 9.59 Å². The molecule has 1 atom stereocenters. The van der Waals surface area contributed by atoms with Gasteiger partial charge >= 0.3 is 0 Å². The molecule has 30 heavy (non-hydrogen) atoms. The Morgan fingerprint density at radius 2 is 1.93 bits per heavy atom. The average molecular weight is 418 g/mol. The van der Waals surface area contributed by atoms with Gasteiger partial charge in [-0.2, -0.15) is 0 Å². The second kappa shape index (κ2) is 7.51. The molecule has 2 aromatic carbocycles. The average Bonchev–Trinajstić information content (AvgIpc) is 3.51. The molecule has 6 heteroatoms. The number of anilines is 1. The largest absolute Gasteiger partial charge is 0.312 e. The van der Waals surface area contributed by atoms with Crippen LogP contribution in [0.2, 0.25) is 0 Å². The first kappa shape index (κ1) is 19.2. The number of carbonyl (C=O) groups excluding carboxylic acids is 2. The summed E-state index contributed by atoms with van der Waals surface area (Å²) < 4.78 is 0. The second-order valence-corrected chi connectivity index (χ2v) is 9.40. The predicted molar refractivity (Wildman–Crippen MR) is 119 cm³/mol. The first-order valence-electron chi connectivity index (χ1n) is 10.4. The van der Waals surface area contributed by atoms with Crippen LogP contribution in [0.4, 0.5) is 5.69 Å². The highest BCUT2D eigenvalue weighted by molar-refractivity contribution is 8.00. The molecule has 1 fully saturated rings. The molecule has 1 amide bonds. The highest BCUT2D eigenvalue weighted by Crippen LogP contribution is 2.40. The molecule has 0 radical (unpaired) electrons. The number of carbonyl (C=O) groups is 2. The van der Waals surface area contributed by atoms with Crippen LogP contribution in [0, 0.1) is 0 Å². The molecule has 3 aromatic rings. The minimum Gasteiger partial charge on any atom is -0.312 e. The van der Waals surface area contributed by atoms with Crippen molar-refractivity contribution in [2.75, 3.05) is 11.4 Å².